The van der Waals surface area contributed by atoms with E-state index in [1.54, 1.807) is 24.3 Å². The van der Waals surface area contributed by atoms with E-state index in [0.29, 0.717) is 6.04 Å². The van der Waals surface area contributed by atoms with Crippen LogP contribution in [0.5, 0.6) is 5.75 Å². The van der Waals surface area contributed by atoms with Gasteiger partial charge >= 0.3 is 5.97 Å². The molecule has 0 saturated carbocycles. The van der Waals surface area contributed by atoms with Gasteiger partial charge < -0.3 is 9.84 Å². The van der Waals surface area contributed by atoms with Gasteiger partial charge in [-0.15, -0.1) is 0 Å². The second-order valence-electron chi connectivity index (χ2n) is 6.85. The van der Waals surface area contributed by atoms with Crippen molar-refractivity contribution in [2.45, 2.75) is 45.4 Å². The molecule has 1 aromatic carbocycles. The lowest BCUT2D eigenvalue weighted by Crippen LogP contribution is -2.37. The number of rotatable bonds is 6. The molecular weight excluding hydrogens is 318 g/mol. The van der Waals surface area contributed by atoms with Crippen molar-refractivity contribution in [3.8, 4) is 5.75 Å². The van der Waals surface area contributed by atoms with E-state index in [1.165, 1.54) is 5.56 Å². The molecule has 1 aliphatic rings. The molecule has 0 radical (unpaired) electrons. The molecule has 0 aliphatic carbocycles. The smallest absolute Gasteiger partial charge is 0.335 e. The first-order valence-electron chi connectivity index (χ1n) is 8.76. The normalized spacial score (nSPS) is 16.3. The number of nitrogens with zero attached hydrogens (tertiary/aromatic N) is 3. The molecule has 1 saturated heterocycles. The third kappa shape index (κ3) is 4.60. The molecule has 1 aromatic heterocycles. The van der Waals surface area contributed by atoms with Crippen LogP contribution in [-0.4, -0.2) is 44.9 Å². The maximum atomic E-state index is 10.9. The number of hydrogen-bond donors (Lipinski definition) is 1. The molecule has 0 atom stereocenters. The fourth-order valence-corrected chi connectivity index (χ4v) is 3.05. The van der Waals surface area contributed by atoms with Gasteiger partial charge in [-0.3, -0.25) is 9.58 Å². The zero-order valence-corrected chi connectivity index (χ0v) is 14.8. The Morgan fingerprint density at radius 1 is 1.28 bits per heavy atom. The summed E-state index contributed by atoms with van der Waals surface area (Å²) >= 11 is 0. The van der Waals surface area contributed by atoms with Gasteiger partial charge in [0.15, 0.2) is 0 Å². The maximum Gasteiger partial charge on any atom is 0.335 e. The van der Waals surface area contributed by atoms with Crippen LogP contribution in [0.3, 0.4) is 0 Å². The second-order valence-corrected chi connectivity index (χ2v) is 6.85. The van der Waals surface area contributed by atoms with Crippen molar-refractivity contribution in [1.82, 2.24) is 14.7 Å². The Kier molecular flexibility index (Phi) is 5.38. The Labute approximate surface area is 148 Å². The number of carboxylic acids is 1. The molecular formula is C19H25N3O3. The average molecular weight is 343 g/mol. The van der Waals surface area contributed by atoms with Gasteiger partial charge in [-0.1, -0.05) is 0 Å². The summed E-state index contributed by atoms with van der Waals surface area (Å²) < 4.78 is 7.98. The van der Waals surface area contributed by atoms with Gasteiger partial charge in [0.25, 0.3) is 0 Å². The van der Waals surface area contributed by atoms with Crippen molar-refractivity contribution in [2.24, 2.45) is 0 Å². The van der Waals surface area contributed by atoms with Crippen LogP contribution in [0.4, 0.5) is 0 Å². The minimum Gasteiger partial charge on any atom is -0.490 e. The summed E-state index contributed by atoms with van der Waals surface area (Å²) in [6, 6.07) is 7.02. The Morgan fingerprint density at radius 2 is 1.96 bits per heavy atom. The van der Waals surface area contributed by atoms with Crippen LogP contribution in [0.2, 0.25) is 0 Å². The Balaban J connectivity index is 1.47. The molecule has 0 spiro atoms. The molecule has 6 nitrogen and oxygen atoms in total. The van der Waals surface area contributed by atoms with Gasteiger partial charge in [-0.05, 0) is 51.0 Å². The number of aromatic nitrogens is 2. The van der Waals surface area contributed by atoms with Crippen LogP contribution in [0.1, 0.15) is 48.7 Å². The van der Waals surface area contributed by atoms with E-state index in [2.05, 4.69) is 30.0 Å². The van der Waals surface area contributed by atoms with Crippen molar-refractivity contribution in [3.63, 3.8) is 0 Å². The number of piperidine rings is 1. The van der Waals surface area contributed by atoms with Crippen molar-refractivity contribution in [1.29, 1.82) is 0 Å². The standard InChI is InChI=1S/C19H25N3O3/c1-14(2)22-13-15(11-20-22)12-21-9-7-18(8-10-21)25-17-5-3-16(4-6-17)19(23)24/h3-6,11,13-14,18H,7-10,12H2,1-2H3,(H,23,24). The van der Waals surface area contributed by atoms with Crippen molar-refractivity contribution < 1.29 is 14.6 Å². The lowest BCUT2D eigenvalue weighted by atomic mass is 10.1. The van der Waals surface area contributed by atoms with Crippen molar-refractivity contribution in [2.75, 3.05) is 13.1 Å². The monoisotopic (exact) mass is 343 g/mol. The molecule has 134 valence electrons. The van der Waals surface area contributed by atoms with Gasteiger partial charge in [-0.2, -0.15) is 5.10 Å². The summed E-state index contributed by atoms with van der Waals surface area (Å²) in [4.78, 5) is 13.3. The number of hydrogen-bond acceptors (Lipinski definition) is 4. The minimum atomic E-state index is -0.916. The molecule has 2 heterocycles. The molecule has 0 unspecified atom stereocenters. The van der Waals surface area contributed by atoms with E-state index in [1.807, 2.05) is 10.9 Å². The minimum absolute atomic E-state index is 0.185. The predicted octanol–water partition coefficient (Wildman–Crippen LogP) is 3.21. The van der Waals surface area contributed by atoms with Crippen molar-refractivity contribution >= 4 is 5.97 Å². The summed E-state index contributed by atoms with van der Waals surface area (Å²) in [5.41, 5.74) is 1.53. The fraction of sp³-hybridized carbons (Fsp3) is 0.474. The number of carbonyl (C=O) groups is 1. The summed E-state index contributed by atoms with van der Waals surface area (Å²) in [5.74, 6) is -0.178. The summed E-state index contributed by atoms with van der Waals surface area (Å²) in [7, 11) is 0. The maximum absolute atomic E-state index is 10.9. The molecule has 0 bridgehead atoms. The zero-order valence-electron chi connectivity index (χ0n) is 14.8. The van der Waals surface area contributed by atoms with E-state index >= 15 is 0 Å². The highest BCUT2D eigenvalue weighted by Gasteiger charge is 2.21. The van der Waals surface area contributed by atoms with Gasteiger partial charge in [0, 0.05) is 37.4 Å². The lowest BCUT2D eigenvalue weighted by Gasteiger charge is -2.31. The zero-order chi connectivity index (χ0) is 17.8. The van der Waals surface area contributed by atoms with E-state index in [-0.39, 0.29) is 11.7 Å². The number of ether oxygens (including phenoxy) is 1. The SMILES string of the molecule is CC(C)n1cc(CN2CCC(Oc3ccc(C(=O)O)cc3)CC2)cn1. The Hall–Kier alpha value is -2.34. The lowest BCUT2D eigenvalue weighted by molar-refractivity contribution is 0.0696. The summed E-state index contributed by atoms with van der Waals surface area (Å²) in [6.07, 6.45) is 6.20. The molecule has 1 N–H and O–H groups in total. The second kappa shape index (κ2) is 7.70. The summed E-state index contributed by atoms with van der Waals surface area (Å²) in [5, 5.41) is 13.3. The first kappa shape index (κ1) is 17.5. The van der Waals surface area contributed by atoms with Crippen LogP contribution >= 0.6 is 0 Å². The Morgan fingerprint density at radius 3 is 2.52 bits per heavy atom. The fourth-order valence-electron chi connectivity index (χ4n) is 3.05. The molecule has 3 rings (SSSR count). The van der Waals surface area contributed by atoms with E-state index in [4.69, 9.17) is 9.84 Å². The quantitative estimate of drug-likeness (QED) is 0.872. The van der Waals surface area contributed by atoms with E-state index < -0.39 is 5.97 Å². The van der Waals surface area contributed by atoms with E-state index in [9.17, 15) is 4.79 Å². The topological polar surface area (TPSA) is 67.6 Å². The number of carboxylic acid groups (broad SMARTS) is 1. The van der Waals surface area contributed by atoms with Gasteiger partial charge in [0.2, 0.25) is 0 Å². The highest BCUT2D eigenvalue weighted by molar-refractivity contribution is 5.87. The van der Waals surface area contributed by atoms with Crippen LogP contribution in [-0.2, 0) is 6.54 Å². The highest BCUT2D eigenvalue weighted by atomic mass is 16.5. The van der Waals surface area contributed by atoms with Crippen LogP contribution in [0, 0.1) is 0 Å². The molecule has 0 amide bonds. The summed E-state index contributed by atoms with van der Waals surface area (Å²) in [6.45, 7) is 7.16. The highest BCUT2D eigenvalue weighted by Crippen LogP contribution is 2.21. The first-order valence-corrected chi connectivity index (χ1v) is 8.76. The van der Waals surface area contributed by atoms with Gasteiger partial charge in [-0.25, -0.2) is 4.79 Å². The number of likely N-dealkylation sites (tertiary alicyclic amines) is 1. The van der Waals surface area contributed by atoms with Crippen LogP contribution in [0.25, 0.3) is 0 Å². The molecule has 2 aromatic rings. The Bertz CT molecular complexity index is 701. The molecule has 25 heavy (non-hydrogen) atoms. The van der Waals surface area contributed by atoms with E-state index in [0.717, 1.165) is 38.2 Å². The molecule has 1 fully saturated rings. The molecule has 1 aliphatic heterocycles. The number of benzene rings is 1. The average Bonchev–Trinajstić information content (AvgIpc) is 3.06. The first-order chi connectivity index (χ1) is 12.0. The van der Waals surface area contributed by atoms with Gasteiger partial charge in [0.05, 0.1) is 11.8 Å². The third-order valence-electron chi connectivity index (χ3n) is 4.53. The van der Waals surface area contributed by atoms with Crippen LogP contribution < -0.4 is 4.74 Å². The molecule has 6 heteroatoms. The number of aromatic carboxylic acids is 1. The predicted molar refractivity (Wildman–Crippen MR) is 94.9 cm³/mol. The largest absolute Gasteiger partial charge is 0.490 e. The van der Waals surface area contributed by atoms with Gasteiger partial charge in [0.1, 0.15) is 11.9 Å². The van der Waals surface area contributed by atoms with Crippen LogP contribution in [0.15, 0.2) is 36.7 Å². The van der Waals surface area contributed by atoms with Crippen molar-refractivity contribution in [3.05, 3.63) is 47.8 Å². The third-order valence-corrected chi connectivity index (χ3v) is 4.53.